The maximum atomic E-state index is 13.1. The third kappa shape index (κ3) is 4.75. The number of carbonyl (C=O) groups excluding carboxylic acids is 1. The summed E-state index contributed by atoms with van der Waals surface area (Å²) in [7, 11) is 0. The van der Waals surface area contributed by atoms with Gasteiger partial charge in [0.1, 0.15) is 0 Å². The van der Waals surface area contributed by atoms with Gasteiger partial charge in [-0.2, -0.15) is 4.39 Å². The van der Waals surface area contributed by atoms with Crippen LogP contribution in [0.1, 0.15) is 12.0 Å². The fourth-order valence-corrected chi connectivity index (χ4v) is 2.94. The first kappa shape index (κ1) is 17.8. The number of oxime groups is 1. The second-order valence-corrected chi connectivity index (χ2v) is 6.78. The van der Waals surface area contributed by atoms with E-state index >= 15 is 0 Å². The fraction of sp³-hybridized carbons (Fsp3) is 0.267. The van der Waals surface area contributed by atoms with Crippen molar-refractivity contribution in [1.82, 2.24) is 4.98 Å². The molecule has 2 aromatic rings. The number of ether oxygens (including phenoxy) is 1. The van der Waals surface area contributed by atoms with E-state index in [2.05, 4.69) is 15.5 Å². The molecule has 0 aliphatic carbocycles. The zero-order chi connectivity index (χ0) is 17.6. The summed E-state index contributed by atoms with van der Waals surface area (Å²) in [4.78, 5) is 22.6. The number of amides is 1. The summed E-state index contributed by atoms with van der Waals surface area (Å²) in [6.07, 6.45) is 1.55. The van der Waals surface area contributed by atoms with Gasteiger partial charge < -0.3 is 9.57 Å². The van der Waals surface area contributed by atoms with Crippen molar-refractivity contribution in [2.45, 2.75) is 17.4 Å². The van der Waals surface area contributed by atoms with Crippen LogP contribution >= 0.6 is 23.3 Å². The Balaban J connectivity index is 1.81. The summed E-state index contributed by atoms with van der Waals surface area (Å²) in [5, 5.41) is 11.7. The molecular weight excluding hydrogens is 367 g/mol. The maximum Gasteiger partial charge on any atom is 0.280 e. The second kappa shape index (κ2) is 8.39. The number of benzene rings is 1. The van der Waals surface area contributed by atoms with Crippen molar-refractivity contribution in [2.75, 3.05) is 18.5 Å². The molecule has 10 heteroatoms. The molecule has 2 heterocycles. The van der Waals surface area contributed by atoms with Crippen molar-refractivity contribution in [3.8, 4) is 0 Å². The summed E-state index contributed by atoms with van der Waals surface area (Å²) in [6, 6.07) is 6.96. The highest BCUT2D eigenvalue weighted by Gasteiger charge is 2.21. The highest BCUT2D eigenvalue weighted by Crippen LogP contribution is 2.18. The predicted octanol–water partition coefficient (Wildman–Crippen LogP) is 2.40. The molecular formula is C15H15FN4O3S2. The molecule has 3 rings (SSSR count). The van der Waals surface area contributed by atoms with Crippen LogP contribution in [0, 0.1) is 5.13 Å². The number of halogens is 1. The van der Waals surface area contributed by atoms with Gasteiger partial charge in [-0.25, -0.2) is 4.98 Å². The Kier molecular flexibility index (Phi) is 5.97. The second-order valence-electron chi connectivity index (χ2n) is 5.10. The van der Waals surface area contributed by atoms with Crippen molar-refractivity contribution in [3.63, 3.8) is 0 Å². The minimum atomic E-state index is -0.540. The van der Waals surface area contributed by atoms with Crippen LogP contribution in [0.4, 0.5) is 9.52 Å². The van der Waals surface area contributed by atoms with Gasteiger partial charge in [0.25, 0.3) is 5.91 Å². The van der Waals surface area contributed by atoms with E-state index in [0.717, 1.165) is 34.4 Å². The minimum Gasteiger partial charge on any atom is -0.389 e. The van der Waals surface area contributed by atoms with Crippen molar-refractivity contribution in [3.05, 3.63) is 41.2 Å². The molecule has 1 saturated heterocycles. The molecule has 0 bridgehead atoms. The van der Waals surface area contributed by atoms with Crippen molar-refractivity contribution in [1.29, 1.82) is 0 Å². The molecule has 0 saturated carbocycles. The smallest absolute Gasteiger partial charge is 0.280 e. The monoisotopic (exact) mass is 382 g/mol. The Morgan fingerprint density at radius 3 is 2.88 bits per heavy atom. The number of anilines is 1. The van der Waals surface area contributed by atoms with E-state index in [4.69, 9.17) is 14.7 Å². The molecule has 3 N–H and O–H groups in total. The number of nitrogens with zero attached hydrogens (tertiary/aromatic N) is 2. The summed E-state index contributed by atoms with van der Waals surface area (Å²) in [5.74, 6) is -0.540. The van der Waals surface area contributed by atoms with Gasteiger partial charge in [0.15, 0.2) is 22.1 Å². The van der Waals surface area contributed by atoms with Crippen LogP contribution in [0.5, 0.6) is 0 Å². The van der Waals surface area contributed by atoms with Gasteiger partial charge in [0, 0.05) is 16.9 Å². The first-order valence-electron chi connectivity index (χ1n) is 7.37. The van der Waals surface area contributed by atoms with Crippen LogP contribution in [-0.2, 0) is 14.4 Å². The topological polar surface area (TPSA) is 98.8 Å². The number of aromatic nitrogens is 1. The van der Waals surface area contributed by atoms with E-state index in [1.807, 2.05) is 0 Å². The Labute approximate surface area is 151 Å². The van der Waals surface area contributed by atoms with Gasteiger partial charge in [-0.15, -0.1) is 0 Å². The molecule has 1 atom stereocenters. The third-order valence-electron chi connectivity index (χ3n) is 3.36. The van der Waals surface area contributed by atoms with E-state index in [9.17, 15) is 9.18 Å². The lowest BCUT2D eigenvalue weighted by Crippen LogP contribution is -2.25. The van der Waals surface area contributed by atoms with Crippen LogP contribution in [0.3, 0.4) is 0 Å². The van der Waals surface area contributed by atoms with Crippen molar-refractivity contribution >= 4 is 40.0 Å². The average molecular weight is 382 g/mol. The third-order valence-corrected chi connectivity index (χ3v) is 4.60. The fourth-order valence-electron chi connectivity index (χ4n) is 2.11. The molecule has 0 spiro atoms. The first-order chi connectivity index (χ1) is 12.2. The standard InChI is InChI=1S/C15H15FN4O3S2/c16-12-7-18-15(24-12)19-14(21)13(20-23-10-5-6-22-8-10)9-1-3-11(25-17)4-2-9/h1-4,7,10H,5-6,8,17H2,(H,18,19,21)/b20-13+/t10-/m1/s1. The molecule has 1 aromatic carbocycles. The van der Waals surface area contributed by atoms with E-state index in [-0.39, 0.29) is 16.9 Å². The van der Waals surface area contributed by atoms with E-state index in [1.54, 1.807) is 24.3 Å². The Morgan fingerprint density at radius 1 is 1.48 bits per heavy atom. The quantitative estimate of drug-likeness (QED) is 0.452. The summed E-state index contributed by atoms with van der Waals surface area (Å²) < 4.78 is 18.3. The lowest BCUT2D eigenvalue weighted by Gasteiger charge is -2.10. The Hall–Kier alpha value is -2.01. The molecule has 1 aliphatic heterocycles. The highest BCUT2D eigenvalue weighted by molar-refractivity contribution is 7.97. The van der Waals surface area contributed by atoms with E-state index in [0.29, 0.717) is 25.2 Å². The Bertz CT molecular complexity index is 760. The average Bonchev–Trinajstić information content (AvgIpc) is 3.27. The molecule has 0 unspecified atom stereocenters. The lowest BCUT2D eigenvalue weighted by atomic mass is 10.1. The number of nitrogens with two attached hydrogens (primary N) is 1. The number of rotatable bonds is 6. The van der Waals surface area contributed by atoms with Crippen LogP contribution in [0.2, 0.25) is 0 Å². The highest BCUT2D eigenvalue weighted by atomic mass is 32.2. The van der Waals surface area contributed by atoms with E-state index in [1.165, 1.54) is 0 Å². The van der Waals surface area contributed by atoms with Gasteiger partial charge >= 0.3 is 0 Å². The number of hydrogen-bond donors (Lipinski definition) is 2. The van der Waals surface area contributed by atoms with Crippen LogP contribution in [-0.4, -0.2) is 35.9 Å². The molecule has 1 fully saturated rings. The SMILES string of the molecule is NSc1ccc(/C(=N\O[C@@H]2CCOC2)C(=O)Nc2ncc(F)s2)cc1. The normalized spacial score (nSPS) is 17.5. The molecule has 1 amide bonds. The number of thiazole rings is 1. The molecule has 1 aromatic heterocycles. The van der Waals surface area contributed by atoms with Gasteiger partial charge in [-0.1, -0.05) is 28.6 Å². The molecule has 1 aliphatic rings. The first-order valence-corrected chi connectivity index (χ1v) is 9.06. The van der Waals surface area contributed by atoms with Gasteiger partial charge in [-0.05, 0) is 24.1 Å². The zero-order valence-electron chi connectivity index (χ0n) is 13.0. The van der Waals surface area contributed by atoms with E-state index < -0.39 is 11.0 Å². The van der Waals surface area contributed by atoms with Gasteiger partial charge in [0.2, 0.25) is 0 Å². The predicted molar refractivity (Wildman–Crippen MR) is 94.0 cm³/mol. The summed E-state index contributed by atoms with van der Waals surface area (Å²) >= 11 is 1.83. The van der Waals surface area contributed by atoms with Crippen molar-refractivity contribution < 1.29 is 18.8 Å². The number of hydrogen-bond acceptors (Lipinski definition) is 8. The van der Waals surface area contributed by atoms with Gasteiger partial charge in [0.05, 0.1) is 19.4 Å². The zero-order valence-corrected chi connectivity index (χ0v) is 14.6. The van der Waals surface area contributed by atoms with Crippen molar-refractivity contribution in [2.24, 2.45) is 10.3 Å². The number of carbonyl (C=O) groups is 1. The largest absolute Gasteiger partial charge is 0.389 e. The number of nitrogens with one attached hydrogen (secondary N) is 1. The van der Waals surface area contributed by atoms with Crippen LogP contribution in [0.25, 0.3) is 0 Å². The van der Waals surface area contributed by atoms with Crippen LogP contribution < -0.4 is 10.5 Å². The lowest BCUT2D eigenvalue weighted by molar-refractivity contribution is -0.110. The van der Waals surface area contributed by atoms with Gasteiger partial charge in [-0.3, -0.25) is 15.3 Å². The minimum absolute atomic E-state index is 0.0658. The summed E-state index contributed by atoms with van der Waals surface area (Å²) in [6.45, 7) is 1.03. The summed E-state index contributed by atoms with van der Waals surface area (Å²) in [5.41, 5.74) is 0.613. The molecule has 0 radical (unpaired) electrons. The maximum absolute atomic E-state index is 13.1. The Morgan fingerprint density at radius 2 is 2.28 bits per heavy atom. The molecule has 7 nitrogen and oxygen atoms in total. The molecule has 25 heavy (non-hydrogen) atoms. The molecule has 132 valence electrons. The van der Waals surface area contributed by atoms with Crippen LogP contribution in [0.15, 0.2) is 40.5 Å².